The second kappa shape index (κ2) is 11.8. The number of hydrogen-bond donors (Lipinski definition) is 0. The van der Waals surface area contributed by atoms with Crippen LogP contribution in [0.15, 0.2) is 40.8 Å². The molecule has 1 atom stereocenters. The Bertz CT molecular complexity index is 1000. The Kier molecular flexibility index (Phi) is 9.05. The summed E-state index contributed by atoms with van der Waals surface area (Å²) in [5, 5.41) is 0. The first-order valence-electron chi connectivity index (χ1n) is 11.4. The summed E-state index contributed by atoms with van der Waals surface area (Å²) < 4.78 is 52.0. The van der Waals surface area contributed by atoms with Gasteiger partial charge < -0.3 is 14.1 Å². The molecule has 7 nitrogen and oxygen atoms in total. The second-order valence-electron chi connectivity index (χ2n) is 8.49. The molecule has 1 fully saturated rings. The summed E-state index contributed by atoms with van der Waals surface area (Å²) in [7, 11) is -3.61. The van der Waals surface area contributed by atoms with E-state index in [4.69, 9.17) is 9.15 Å². The number of hydrogen-bond acceptors (Lipinski definition) is 5. The van der Waals surface area contributed by atoms with Gasteiger partial charge in [-0.05, 0) is 56.0 Å². The van der Waals surface area contributed by atoms with Crippen LogP contribution in [0.25, 0.3) is 0 Å². The molecule has 1 aliphatic heterocycles. The van der Waals surface area contributed by atoms with Crippen LogP contribution >= 0.6 is 0 Å². The van der Waals surface area contributed by atoms with Crippen LogP contribution in [0.4, 0.5) is 4.39 Å². The number of unbranched alkanes of at least 4 members (excludes halogenated alkanes) is 1. The van der Waals surface area contributed by atoms with Crippen LogP contribution in [0, 0.1) is 12.7 Å². The number of amides is 1. The Morgan fingerprint density at radius 1 is 1.15 bits per heavy atom. The van der Waals surface area contributed by atoms with Crippen LogP contribution in [-0.2, 0) is 32.6 Å². The first-order valence-corrected chi connectivity index (χ1v) is 13.0. The van der Waals surface area contributed by atoms with E-state index in [0.717, 1.165) is 30.6 Å². The topological polar surface area (TPSA) is 80.1 Å². The van der Waals surface area contributed by atoms with Crippen molar-refractivity contribution in [2.24, 2.45) is 0 Å². The largest absolute Gasteiger partial charge is 0.464 e. The van der Waals surface area contributed by atoms with Crippen molar-refractivity contribution >= 4 is 15.9 Å². The summed E-state index contributed by atoms with van der Waals surface area (Å²) >= 11 is 0. The molecule has 2 aromatic rings. The lowest BCUT2D eigenvalue weighted by atomic mass is 10.2. The number of nitrogens with zero attached hydrogens (tertiary/aromatic N) is 2. The lowest BCUT2D eigenvalue weighted by molar-refractivity contribution is -0.133. The summed E-state index contributed by atoms with van der Waals surface area (Å²) in [6.07, 6.45) is 2.74. The SMILES string of the molecule is CCCCS(=O)(=O)N(CC(=O)N(Cc1ccc(F)cc1)Cc1ccc(C)o1)CC1CCCO1. The van der Waals surface area contributed by atoms with Crippen molar-refractivity contribution in [1.82, 2.24) is 9.21 Å². The molecule has 182 valence electrons. The van der Waals surface area contributed by atoms with Gasteiger partial charge in [0.15, 0.2) is 0 Å². The maximum atomic E-state index is 13.4. The average molecular weight is 481 g/mol. The van der Waals surface area contributed by atoms with Gasteiger partial charge in [0.25, 0.3) is 0 Å². The van der Waals surface area contributed by atoms with Gasteiger partial charge in [0.1, 0.15) is 17.3 Å². The molecule has 3 rings (SSSR count). The fourth-order valence-corrected chi connectivity index (χ4v) is 5.41. The first-order chi connectivity index (χ1) is 15.8. The number of furan rings is 1. The van der Waals surface area contributed by atoms with Crippen LogP contribution in [0.1, 0.15) is 49.7 Å². The molecule has 2 heterocycles. The third kappa shape index (κ3) is 7.65. The van der Waals surface area contributed by atoms with Gasteiger partial charge >= 0.3 is 0 Å². The predicted molar refractivity (Wildman–Crippen MR) is 123 cm³/mol. The van der Waals surface area contributed by atoms with Crippen LogP contribution in [0.3, 0.4) is 0 Å². The van der Waals surface area contributed by atoms with E-state index in [1.165, 1.54) is 16.4 Å². The highest BCUT2D eigenvalue weighted by molar-refractivity contribution is 7.89. The summed E-state index contributed by atoms with van der Waals surface area (Å²) in [5.74, 6) is 0.622. The maximum Gasteiger partial charge on any atom is 0.238 e. The maximum absolute atomic E-state index is 13.4. The monoisotopic (exact) mass is 480 g/mol. The minimum absolute atomic E-state index is 0.00115. The van der Waals surface area contributed by atoms with Crippen molar-refractivity contribution in [3.8, 4) is 0 Å². The van der Waals surface area contributed by atoms with E-state index in [2.05, 4.69) is 0 Å². The summed E-state index contributed by atoms with van der Waals surface area (Å²) in [4.78, 5) is 14.9. The molecule has 0 radical (unpaired) electrons. The number of halogens is 1. The minimum atomic E-state index is -3.61. The van der Waals surface area contributed by atoms with Crippen molar-refractivity contribution in [2.75, 3.05) is 25.4 Å². The molecule has 1 aromatic carbocycles. The molecule has 0 N–H and O–H groups in total. The molecule has 0 spiro atoms. The van der Waals surface area contributed by atoms with Crippen LogP contribution in [-0.4, -0.2) is 55.1 Å². The Morgan fingerprint density at radius 3 is 2.52 bits per heavy atom. The quantitative estimate of drug-likeness (QED) is 0.461. The molecule has 1 unspecified atom stereocenters. The van der Waals surface area contributed by atoms with E-state index in [1.807, 2.05) is 19.9 Å². The van der Waals surface area contributed by atoms with Crippen LogP contribution < -0.4 is 0 Å². The smallest absolute Gasteiger partial charge is 0.238 e. The van der Waals surface area contributed by atoms with E-state index in [0.29, 0.717) is 18.8 Å². The fraction of sp³-hybridized carbons (Fsp3) is 0.542. The van der Waals surface area contributed by atoms with E-state index < -0.39 is 10.0 Å². The third-order valence-electron chi connectivity index (χ3n) is 5.67. The molecule has 1 saturated heterocycles. The zero-order valence-corrected chi connectivity index (χ0v) is 20.2. The zero-order chi connectivity index (χ0) is 23.8. The highest BCUT2D eigenvalue weighted by Gasteiger charge is 2.30. The molecular formula is C24H33FN2O5S. The summed E-state index contributed by atoms with van der Waals surface area (Å²) in [6, 6.07) is 9.52. The van der Waals surface area contributed by atoms with Gasteiger partial charge in [0.05, 0.1) is 24.9 Å². The Morgan fingerprint density at radius 2 is 1.91 bits per heavy atom. The zero-order valence-electron chi connectivity index (χ0n) is 19.3. The Hall–Kier alpha value is -2.23. The minimum Gasteiger partial charge on any atom is -0.464 e. The van der Waals surface area contributed by atoms with Crippen molar-refractivity contribution in [1.29, 1.82) is 0 Å². The van der Waals surface area contributed by atoms with Gasteiger partial charge in [-0.1, -0.05) is 25.5 Å². The van der Waals surface area contributed by atoms with Gasteiger partial charge in [0.2, 0.25) is 15.9 Å². The normalized spacial score (nSPS) is 16.4. The first kappa shape index (κ1) is 25.4. The molecule has 1 aromatic heterocycles. The van der Waals surface area contributed by atoms with Crippen LogP contribution in [0.2, 0.25) is 0 Å². The molecule has 1 aliphatic rings. The van der Waals surface area contributed by atoms with E-state index in [9.17, 15) is 17.6 Å². The lowest BCUT2D eigenvalue weighted by Crippen LogP contribution is -2.46. The lowest BCUT2D eigenvalue weighted by Gasteiger charge is -2.28. The number of ether oxygens (including phenoxy) is 1. The predicted octanol–water partition coefficient (Wildman–Crippen LogP) is 3.87. The highest BCUT2D eigenvalue weighted by atomic mass is 32.2. The molecule has 0 aliphatic carbocycles. The van der Waals surface area contributed by atoms with Crippen molar-refractivity contribution < 1.29 is 26.8 Å². The molecular weight excluding hydrogens is 447 g/mol. The Labute approximate surface area is 195 Å². The van der Waals surface area contributed by atoms with E-state index in [1.54, 1.807) is 23.1 Å². The number of rotatable bonds is 12. The van der Waals surface area contributed by atoms with Crippen molar-refractivity contribution in [2.45, 2.75) is 58.7 Å². The average Bonchev–Trinajstić information content (AvgIpc) is 3.44. The molecule has 0 saturated carbocycles. The van der Waals surface area contributed by atoms with E-state index in [-0.39, 0.29) is 49.8 Å². The molecule has 33 heavy (non-hydrogen) atoms. The van der Waals surface area contributed by atoms with Gasteiger partial charge in [-0.15, -0.1) is 0 Å². The third-order valence-corrected chi connectivity index (χ3v) is 7.54. The number of benzene rings is 1. The van der Waals surface area contributed by atoms with Gasteiger partial charge in [-0.25, -0.2) is 12.8 Å². The number of carbonyl (C=O) groups excluding carboxylic acids is 1. The number of carbonyl (C=O) groups is 1. The number of sulfonamides is 1. The fourth-order valence-electron chi connectivity index (χ4n) is 3.80. The van der Waals surface area contributed by atoms with E-state index >= 15 is 0 Å². The molecule has 1 amide bonds. The second-order valence-corrected chi connectivity index (χ2v) is 10.6. The van der Waals surface area contributed by atoms with Gasteiger partial charge in [-0.3, -0.25) is 4.79 Å². The summed E-state index contributed by atoms with van der Waals surface area (Å²) in [6.45, 7) is 4.65. The molecule has 9 heteroatoms. The molecule has 0 bridgehead atoms. The summed E-state index contributed by atoms with van der Waals surface area (Å²) in [5.41, 5.74) is 0.743. The number of aryl methyl sites for hydroxylation is 1. The van der Waals surface area contributed by atoms with Crippen molar-refractivity contribution in [3.63, 3.8) is 0 Å². The van der Waals surface area contributed by atoms with Gasteiger partial charge in [0, 0.05) is 19.7 Å². The van der Waals surface area contributed by atoms with Crippen molar-refractivity contribution in [3.05, 3.63) is 59.3 Å². The standard InChI is InChI=1S/C24H33FN2O5S/c1-3-4-14-33(29,30)27(17-22-6-5-13-31-22)18-24(28)26(16-23-12-7-19(2)32-23)15-20-8-10-21(25)11-9-20/h7-12,22H,3-6,13-18H2,1-2H3. The van der Waals surface area contributed by atoms with Gasteiger partial charge in [-0.2, -0.15) is 4.31 Å². The highest BCUT2D eigenvalue weighted by Crippen LogP contribution is 2.18. The van der Waals surface area contributed by atoms with Crippen LogP contribution in [0.5, 0.6) is 0 Å². The Balaban J connectivity index is 1.79.